The first kappa shape index (κ1) is 11.2. The summed E-state index contributed by atoms with van der Waals surface area (Å²) in [5.41, 5.74) is -0.866. The summed E-state index contributed by atoms with van der Waals surface area (Å²) in [7, 11) is 1.33. The Morgan fingerprint density at radius 1 is 1.29 bits per heavy atom. The largest absolute Gasteiger partial charge is 0.468 e. The highest BCUT2D eigenvalue weighted by Crippen LogP contribution is 2.42. The van der Waals surface area contributed by atoms with Gasteiger partial charge in [-0.1, -0.05) is 13.8 Å². The van der Waals surface area contributed by atoms with Crippen molar-refractivity contribution in [2.45, 2.75) is 40.0 Å². The minimum atomic E-state index is -0.899. The van der Waals surface area contributed by atoms with Crippen LogP contribution in [-0.2, 0) is 14.3 Å². The van der Waals surface area contributed by atoms with E-state index >= 15 is 0 Å². The molecule has 1 saturated carbocycles. The maximum absolute atomic E-state index is 11.8. The second-order valence-corrected chi connectivity index (χ2v) is 5.09. The van der Waals surface area contributed by atoms with Gasteiger partial charge in [-0.3, -0.25) is 9.59 Å². The summed E-state index contributed by atoms with van der Waals surface area (Å²) < 4.78 is 4.67. The second kappa shape index (κ2) is 3.37. The smallest absolute Gasteiger partial charge is 0.319 e. The fourth-order valence-electron chi connectivity index (χ4n) is 1.89. The molecule has 1 aliphatic carbocycles. The van der Waals surface area contributed by atoms with Crippen molar-refractivity contribution >= 4 is 11.8 Å². The fraction of sp³-hybridized carbons (Fsp3) is 0.818. The molecule has 1 fully saturated rings. The minimum absolute atomic E-state index is 0.0144. The van der Waals surface area contributed by atoms with E-state index in [-0.39, 0.29) is 11.2 Å². The molecule has 0 bridgehead atoms. The molecule has 0 aliphatic heterocycles. The van der Waals surface area contributed by atoms with Gasteiger partial charge in [0.15, 0.2) is 0 Å². The Labute approximate surface area is 84.8 Å². The van der Waals surface area contributed by atoms with E-state index in [1.54, 1.807) is 6.92 Å². The van der Waals surface area contributed by atoms with Gasteiger partial charge in [0.05, 0.1) is 7.11 Å². The Morgan fingerprint density at radius 2 is 1.86 bits per heavy atom. The third-order valence-corrected chi connectivity index (χ3v) is 3.19. The number of carbonyl (C=O) groups excluding carboxylic acids is 2. The highest BCUT2D eigenvalue weighted by molar-refractivity contribution is 6.04. The highest BCUT2D eigenvalue weighted by Gasteiger charge is 2.47. The summed E-state index contributed by atoms with van der Waals surface area (Å²) in [5, 5.41) is 0. The molecular weight excluding hydrogens is 180 g/mol. The molecule has 0 amide bonds. The summed E-state index contributed by atoms with van der Waals surface area (Å²) in [4.78, 5) is 23.3. The standard InChI is InChI=1S/C11H18O3/c1-10(2)5-6-11(3,8(12)7-10)9(13)14-4/h5-7H2,1-4H3. The predicted molar refractivity (Wildman–Crippen MR) is 52.8 cm³/mol. The lowest BCUT2D eigenvalue weighted by Gasteiger charge is -2.37. The van der Waals surface area contributed by atoms with Gasteiger partial charge in [0.1, 0.15) is 11.2 Å². The van der Waals surface area contributed by atoms with Crippen molar-refractivity contribution in [2.75, 3.05) is 7.11 Å². The van der Waals surface area contributed by atoms with E-state index in [0.29, 0.717) is 12.8 Å². The summed E-state index contributed by atoms with van der Waals surface area (Å²) in [6, 6.07) is 0. The van der Waals surface area contributed by atoms with Crippen LogP contribution >= 0.6 is 0 Å². The molecule has 3 nitrogen and oxygen atoms in total. The van der Waals surface area contributed by atoms with Crippen molar-refractivity contribution in [3.05, 3.63) is 0 Å². The molecule has 0 spiro atoms. The molecule has 0 aromatic heterocycles. The number of ketones is 1. The first-order valence-corrected chi connectivity index (χ1v) is 4.93. The van der Waals surface area contributed by atoms with Crippen LogP contribution in [0.3, 0.4) is 0 Å². The number of methoxy groups -OCH3 is 1. The SMILES string of the molecule is COC(=O)C1(C)CCC(C)(C)CC1=O. The van der Waals surface area contributed by atoms with Crippen molar-refractivity contribution in [2.24, 2.45) is 10.8 Å². The van der Waals surface area contributed by atoms with Gasteiger partial charge in [-0.25, -0.2) is 0 Å². The summed E-state index contributed by atoms with van der Waals surface area (Å²) in [5.74, 6) is -0.376. The zero-order valence-electron chi connectivity index (χ0n) is 9.35. The van der Waals surface area contributed by atoms with Crippen molar-refractivity contribution in [1.29, 1.82) is 0 Å². The van der Waals surface area contributed by atoms with Crippen LogP contribution in [0.5, 0.6) is 0 Å². The van der Waals surface area contributed by atoms with Gasteiger partial charge in [0.2, 0.25) is 0 Å². The lowest BCUT2D eigenvalue weighted by molar-refractivity contribution is -0.160. The Morgan fingerprint density at radius 3 is 2.29 bits per heavy atom. The molecule has 80 valence electrons. The molecule has 0 saturated heterocycles. The zero-order valence-corrected chi connectivity index (χ0v) is 9.35. The Kier molecular flexibility index (Phi) is 2.70. The monoisotopic (exact) mass is 198 g/mol. The lowest BCUT2D eigenvalue weighted by atomic mass is 9.65. The molecule has 1 rings (SSSR count). The number of hydrogen-bond acceptors (Lipinski definition) is 3. The van der Waals surface area contributed by atoms with E-state index in [2.05, 4.69) is 18.6 Å². The topological polar surface area (TPSA) is 43.4 Å². The molecule has 14 heavy (non-hydrogen) atoms. The Hall–Kier alpha value is -0.860. The fourth-order valence-corrected chi connectivity index (χ4v) is 1.89. The molecule has 0 N–H and O–H groups in total. The van der Waals surface area contributed by atoms with Crippen LogP contribution in [0.15, 0.2) is 0 Å². The van der Waals surface area contributed by atoms with Gasteiger partial charge in [-0.05, 0) is 25.2 Å². The zero-order chi connectivity index (χ0) is 11.0. The van der Waals surface area contributed by atoms with Crippen LogP contribution in [0, 0.1) is 10.8 Å². The van der Waals surface area contributed by atoms with Crippen molar-refractivity contribution in [1.82, 2.24) is 0 Å². The van der Waals surface area contributed by atoms with Crippen molar-refractivity contribution in [3.8, 4) is 0 Å². The van der Waals surface area contributed by atoms with Gasteiger partial charge >= 0.3 is 5.97 Å². The summed E-state index contributed by atoms with van der Waals surface area (Å²) in [6.45, 7) is 5.81. The van der Waals surface area contributed by atoms with Crippen LogP contribution in [0.4, 0.5) is 0 Å². The van der Waals surface area contributed by atoms with E-state index < -0.39 is 11.4 Å². The van der Waals surface area contributed by atoms with Crippen molar-refractivity contribution in [3.63, 3.8) is 0 Å². The Balaban J connectivity index is 2.85. The van der Waals surface area contributed by atoms with E-state index in [4.69, 9.17) is 0 Å². The van der Waals surface area contributed by atoms with Crippen molar-refractivity contribution < 1.29 is 14.3 Å². The maximum Gasteiger partial charge on any atom is 0.319 e. The molecule has 1 atom stereocenters. The molecule has 1 aliphatic rings. The van der Waals surface area contributed by atoms with Crippen LogP contribution in [0.2, 0.25) is 0 Å². The van der Waals surface area contributed by atoms with Crippen LogP contribution in [-0.4, -0.2) is 18.9 Å². The molecule has 0 aromatic rings. The molecule has 3 heteroatoms. The van der Waals surface area contributed by atoms with Gasteiger partial charge in [0.25, 0.3) is 0 Å². The predicted octanol–water partition coefficient (Wildman–Crippen LogP) is 1.94. The second-order valence-electron chi connectivity index (χ2n) is 5.09. The third-order valence-electron chi connectivity index (χ3n) is 3.19. The number of hydrogen-bond donors (Lipinski definition) is 0. The Bertz CT molecular complexity index is 268. The molecule has 1 unspecified atom stereocenters. The normalized spacial score (nSPS) is 31.3. The third kappa shape index (κ3) is 1.81. The van der Waals surface area contributed by atoms with Gasteiger partial charge in [-0.2, -0.15) is 0 Å². The van der Waals surface area contributed by atoms with Crippen LogP contribution < -0.4 is 0 Å². The summed E-state index contributed by atoms with van der Waals surface area (Å²) in [6.07, 6.45) is 1.97. The minimum Gasteiger partial charge on any atom is -0.468 e. The van der Waals surface area contributed by atoms with E-state index in [1.807, 2.05) is 0 Å². The number of ether oxygens (including phenoxy) is 1. The number of rotatable bonds is 1. The lowest BCUT2D eigenvalue weighted by Crippen LogP contribution is -2.44. The molecule has 0 radical (unpaired) electrons. The van der Waals surface area contributed by atoms with Gasteiger partial charge in [0, 0.05) is 6.42 Å². The number of carbonyl (C=O) groups is 2. The molecular formula is C11H18O3. The summed E-state index contributed by atoms with van der Waals surface area (Å²) >= 11 is 0. The average Bonchev–Trinajstić information content (AvgIpc) is 2.10. The van der Waals surface area contributed by atoms with Crippen LogP contribution in [0.25, 0.3) is 0 Å². The molecule has 0 aromatic carbocycles. The quantitative estimate of drug-likeness (QED) is 0.477. The van der Waals surface area contributed by atoms with Crippen LogP contribution in [0.1, 0.15) is 40.0 Å². The van der Waals surface area contributed by atoms with Gasteiger partial charge < -0.3 is 4.74 Å². The number of esters is 1. The maximum atomic E-state index is 11.8. The first-order chi connectivity index (χ1) is 6.32. The average molecular weight is 198 g/mol. The molecule has 0 heterocycles. The van der Waals surface area contributed by atoms with E-state index in [1.165, 1.54) is 7.11 Å². The van der Waals surface area contributed by atoms with E-state index in [9.17, 15) is 9.59 Å². The first-order valence-electron chi connectivity index (χ1n) is 4.93. The highest BCUT2D eigenvalue weighted by atomic mass is 16.5. The number of Topliss-reactive ketones (excluding diaryl/α,β-unsaturated/α-hetero) is 1. The van der Waals surface area contributed by atoms with Gasteiger partial charge in [-0.15, -0.1) is 0 Å². The van der Waals surface area contributed by atoms with E-state index in [0.717, 1.165) is 6.42 Å².